The first kappa shape index (κ1) is 21.8. The van der Waals surface area contributed by atoms with Gasteiger partial charge in [0.05, 0.1) is 18.9 Å². The fourth-order valence-electron chi connectivity index (χ4n) is 3.31. The van der Waals surface area contributed by atoms with Gasteiger partial charge in [-0.2, -0.15) is 5.10 Å². The first-order chi connectivity index (χ1) is 16.0. The molecule has 0 radical (unpaired) electrons. The number of aryl methyl sites for hydroxylation is 1. The number of rotatable bonds is 6. The summed E-state index contributed by atoms with van der Waals surface area (Å²) in [4.78, 5) is 25.1. The van der Waals surface area contributed by atoms with Crippen LogP contribution in [0.2, 0.25) is 0 Å². The highest BCUT2D eigenvalue weighted by atomic mass is 16.5. The number of carbonyl (C=O) groups is 2. The van der Waals surface area contributed by atoms with E-state index in [2.05, 4.69) is 10.5 Å². The lowest BCUT2D eigenvalue weighted by Gasteiger charge is -2.11. The average molecular weight is 438 g/mol. The second-order valence-corrected chi connectivity index (χ2v) is 7.38. The molecule has 0 saturated heterocycles. The molecule has 0 heterocycles. The van der Waals surface area contributed by atoms with Crippen LogP contribution in [0.5, 0.6) is 11.5 Å². The van der Waals surface area contributed by atoms with Crippen molar-refractivity contribution in [2.45, 2.75) is 6.92 Å². The molecule has 4 aromatic carbocycles. The summed E-state index contributed by atoms with van der Waals surface area (Å²) in [6.07, 6.45) is 1.49. The Labute approximate surface area is 191 Å². The van der Waals surface area contributed by atoms with Crippen LogP contribution in [0.3, 0.4) is 0 Å². The van der Waals surface area contributed by atoms with Gasteiger partial charge < -0.3 is 9.47 Å². The molecule has 0 aromatic heterocycles. The van der Waals surface area contributed by atoms with Gasteiger partial charge in [-0.15, -0.1) is 0 Å². The van der Waals surface area contributed by atoms with Crippen molar-refractivity contribution in [2.24, 2.45) is 5.10 Å². The van der Waals surface area contributed by atoms with Crippen LogP contribution in [0, 0.1) is 6.92 Å². The lowest BCUT2D eigenvalue weighted by atomic mass is 10.0. The molecule has 164 valence electrons. The predicted octanol–water partition coefficient (Wildman–Crippen LogP) is 5.14. The highest BCUT2D eigenvalue weighted by Crippen LogP contribution is 2.27. The SMILES string of the molecule is COc1ccc(C(=O)NN=Cc2c(OC(=O)c3ccc(C)cc3)ccc3ccccc23)cc1. The average Bonchev–Trinajstić information content (AvgIpc) is 2.85. The highest BCUT2D eigenvalue weighted by molar-refractivity contribution is 6.04. The Balaban J connectivity index is 1.60. The minimum atomic E-state index is -0.470. The maximum atomic E-state index is 12.7. The predicted molar refractivity (Wildman–Crippen MR) is 128 cm³/mol. The van der Waals surface area contributed by atoms with Crippen LogP contribution in [-0.2, 0) is 0 Å². The number of methoxy groups -OCH3 is 1. The van der Waals surface area contributed by atoms with Gasteiger partial charge in [0.25, 0.3) is 5.91 Å². The smallest absolute Gasteiger partial charge is 0.343 e. The number of hydrogen-bond acceptors (Lipinski definition) is 5. The summed E-state index contributed by atoms with van der Waals surface area (Å²) in [6, 6.07) is 25.1. The molecule has 1 amide bonds. The van der Waals surface area contributed by atoms with Gasteiger partial charge in [-0.25, -0.2) is 10.2 Å². The number of benzene rings is 4. The van der Waals surface area contributed by atoms with Crippen molar-refractivity contribution in [1.29, 1.82) is 0 Å². The first-order valence-corrected chi connectivity index (χ1v) is 10.3. The molecule has 0 atom stereocenters. The molecule has 0 fully saturated rings. The molecule has 0 aliphatic carbocycles. The van der Waals surface area contributed by atoms with Crippen molar-refractivity contribution in [3.05, 3.63) is 107 Å². The standard InChI is InChI=1S/C27H22N2O4/c1-18-7-9-21(10-8-18)27(31)33-25-16-13-19-5-3-4-6-23(19)24(25)17-28-29-26(30)20-11-14-22(32-2)15-12-20/h3-17H,1-2H3,(H,29,30). The zero-order valence-electron chi connectivity index (χ0n) is 18.2. The van der Waals surface area contributed by atoms with Crippen LogP contribution in [0.4, 0.5) is 0 Å². The Hall–Kier alpha value is -4.45. The Morgan fingerprint density at radius 2 is 1.55 bits per heavy atom. The number of ether oxygens (including phenoxy) is 2. The largest absolute Gasteiger partial charge is 0.497 e. The second-order valence-electron chi connectivity index (χ2n) is 7.38. The third-order valence-electron chi connectivity index (χ3n) is 5.13. The van der Waals surface area contributed by atoms with Crippen molar-refractivity contribution < 1.29 is 19.1 Å². The molecular weight excluding hydrogens is 416 g/mol. The van der Waals surface area contributed by atoms with Crippen molar-refractivity contribution in [3.8, 4) is 11.5 Å². The third kappa shape index (κ3) is 5.07. The number of nitrogens with zero attached hydrogens (tertiary/aromatic N) is 1. The summed E-state index contributed by atoms with van der Waals surface area (Å²) in [6.45, 7) is 1.95. The molecule has 4 rings (SSSR count). The summed E-state index contributed by atoms with van der Waals surface area (Å²) < 4.78 is 10.8. The Kier molecular flexibility index (Phi) is 6.45. The lowest BCUT2D eigenvalue weighted by Crippen LogP contribution is -2.17. The first-order valence-electron chi connectivity index (χ1n) is 10.3. The Morgan fingerprint density at radius 1 is 0.848 bits per heavy atom. The van der Waals surface area contributed by atoms with Crippen LogP contribution >= 0.6 is 0 Å². The van der Waals surface area contributed by atoms with E-state index in [4.69, 9.17) is 9.47 Å². The summed E-state index contributed by atoms with van der Waals surface area (Å²) >= 11 is 0. The molecule has 6 heteroatoms. The van der Waals surface area contributed by atoms with Crippen LogP contribution in [0.15, 0.2) is 90.0 Å². The summed E-state index contributed by atoms with van der Waals surface area (Å²) in [5.41, 5.74) is 5.05. The molecule has 0 aliphatic rings. The van der Waals surface area contributed by atoms with Crippen LogP contribution in [0.25, 0.3) is 10.8 Å². The maximum absolute atomic E-state index is 12.7. The number of esters is 1. The summed E-state index contributed by atoms with van der Waals surface area (Å²) in [5, 5.41) is 5.91. The van der Waals surface area contributed by atoms with Gasteiger partial charge in [0.2, 0.25) is 0 Å². The molecule has 4 aromatic rings. The minimum Gasteiger partial charge on any atom is -0.497 e. The fraction of sp³-hybridized carbons (Fsp3) is 0.0741. The van der Waals surface area contributed by atoms with E-state index in [0.29, 0.717) is 28.2 Å². The number of amides is 1. The van der Waals surface area contributed by atoms with Gasteiger partial charge in [-0.3, -0.25) is 4.79 Å². The summed E-state index contributed by atoms with van der Waals surface area (Å²) in [5.74, 6) is 0.169. The number of carbonyl (C=O) groups excluding carboxylic acids is 2. The third-order valence-corrected chi connectivity index (χ3v) is 5.13. The Bertz CT molecular complexity index is 1330. The molecule has 0 unspecified atom stereocenters. The molecule has 0 bridgehead atoms. The summed E-state index contributed by atoms with van der Waals surface area (Å²) in [7, 11) is 1.56. The zero-order chi connectivity index (χ0) is 23.2. The molecule has 33 heavy (non-hydrogen) atoms. The molecular formula is C27H22N2O4. The van der Waals surface area contributed by atoms with E-state index in [9.17, 15) is 9.59 Å². The Morgan fingerprint density at radius 3 is 2.27 bits per heavy atom. The van der Waals surface area contributed by atoms with E-state index in [1.165, 1.54) is 6.21 Å². The molecule has 1 N–H and O–H groups in total. The van der Waals surface area contributed by atoms with Crippen molar-refractivity contribution in [3.63, 3.8) is 0 Å². The fourth-order valence-corrected chi connectivity index (χ4v) is 3.31. The lowest BCUT2D eigenvalue weighted by molar-refractivity contribution is 0.0734. The second kappa shape index (κ2) is 9.78. The zero-order valence-corrected chi connectivity index (χ0v) is 18.2. The molecule has 0 spiro atoms. The van der Waals surface area contributed by atoms with Gasteiger partial charge in [0, 0.05) is 11.1 Å². The molecule has 0 aliphatic heterocycles. The number of fused-ring (bicyclic) bond motifs is 1. The van der Waals surface area contributed by atoms with Gasteiger partial charge in [-0.05, 0) is 60.2 Å². The number of hydrazone groups is 1. The van der Waals surface area contributed by atoms with Crippen LogP contribution < -0.4 is 14.9 Å². The number of nitrogens with one attached hydrogen (secondary N) is 1. The van der Waals surface area contributed by atoms with Gasteiger partial charge >= 0.3 is 5.97 Å². The van der Waals surface area contributed by atoms with Gasteiger partial charge in [0.15, 0.2) is 0 Å². The van der Waals surface area contributed by atoms with Gasteiger partial charge in [-0.1, -0.05) is 48.0 Å². The van der Waals surface area contributed by atoms with Crippen LogP contribution in [-0.4, -0.2) is 25.2 Å². The van der Waals surface area contributed by atoms with E-state index in [1.807, 2.05) is 49.4 Å². The van der Waals surface area contributed by atoms with Crippen molar-refractivity contribution >= 4 is 28.9 Å². The van der Waals surface area contributed by atoms with E-state index in [0.717, 1.165) is 16.3 Å². The molecule has 6 nitrogen and oxygen atoms in total. The topological polar surface area (TPSA) is 77.0 Å². The van der Waals surface area contributed by atoms with Crippen LogP contribution in [0.1, 0.15) is 31.8 Å². The monoisotopic (exact) mass is 438 g/mol. The quantitative estimate of drug-likeness (QED) is 0.196. The highest BCUT2D eigenvalue weighted by Gasteiger charge is 2.14. The minimum absolute atomic E-state index is 0.349. The normalized spacial score (nSPS) is 10.8. The van der Waals surface area contributed by atoms with Crippen molar-refractivity contribution in [2.75, 3.05) is 7.11 Å². The molecule has 0 saturated carbocycles. The van der Waals surface area contributed by atoms with Gasteiger partial charge in [0.1, 0.15) is 11.5 Å². The maximum Gasteiger partial charge on any atom is 0.343 e. The van der Waals surface area contributed by atoms with E-state index < -0.39 is 5.97 Å². The van der Waals surface area contributed by atoms with E-state index in [1.54, 1.807) is 49.6 Å². The van der Waals surface area contributed by atoms with E-state index in [-0.39, 0.29) is 5.91 Å². The van der Waals surface area contributed by atoms with Crippen molar-refractivity contribution in [1.82, 2.24) is 5.43 Å². The number of hydrogen-bond donors (Lipinski definition) is 1. The van der Waals surface area contributed by atoms with E-state index >= 15 is 0 Å².